The minimum Gasteiger partial charge on any atom is -0.337 e. The van der Waals surface area contributed by atoms with E-state index < -0.39 is 5.82 Å². The van der Waals surface area contributed by atoms with Crippen LogP contribution in [-0.2, 0) is 0 Å². The maximum absolute atomic E-state index is 13.5. The van der Waals surface area contributed by atoms with Crippen molar-refractivity contribution in [2.45, 2.75) is 12.5 Å². The molecule has 1 aromatic rings. The highest BCUT2D eigenvalue weighted by Crippen LogP contribution is 2.17. The van der Waals surface area contributed by atoms with Crippen molar-refractivity contribution in [1.29, 1.82) is 0 Å². The van der Waals surface area contributed by atoms with Gasteiger partial charge >= 0.3 is 0 Å². The Bertz CT molecular complexity index is 420. The summed E-state index contributed by atoms with van der Waals surface area (Å²) in [4.78, 5) is 15.9. The summed E-state index contributed by atoms with van der Waals surface area (Å²) in [5, 5.41) is 0. The summed E-state index contributed by atoms with van der Waals surface area (Å²) in [7, 11) is 4.00. The number of benzene rings is 1. The van der Waals surface area contributed by atoms with E-state index in [0.717, 1.165) is 6.42 Å². The predicted molar refractivity (Wildman–Crippen MR) is 64.4 cm³/mol. The molecular formula is C13H17FN2O. The zero-order valence-corrected chi connectivity index (χ0v) is 10.2. The van der Waals surface area contributed by atoms with Crippen LogP contribution in [0.25, 0.3) is 0 Å². The highest BCUT2D eigenvalue weighted by atomic mass is 19.1. The molecule has 0 bridgehead atoms. The van der Waals surface area contributed by atoms with Crippen LogP contribution in [0.5, 0.6) is 0 Å². The largest absolute Gasteiger partial charge is 0.337 e. The first-order valence-corrected chi connectivity index (χ1v) is 5.80. The van der Waals surface area contributed by atoms with Gasteiger partial charge in [0.05, 0.1) is 5.56 Å². The summed E-state index contributed by atoms with van der Waals surface area (Å²) >= 11 is 0. The number of halogens is 1. The maximum Gasteiger partial charge on any atom is 0.256 e. The van der Waals surface area contributed by atoms with Crippen molar-refractivity contribution in [2.24, 2.45) is 0 Å². The quantitative estimate of drug-likeness (QED) is 0.778. The van der Waals surface area contributed by atoms with Gasteiger partial charge < -0.3 is 9.80 Å². The molecule has 1 aromatic carbocycles. The van der Waals surface area contributed by atoms with Crippen LogP contribution in [0.15, 0.2) is 24.3 Å². The molecule has 1 amide bonds. The normalized spacial score (nSPS) is 20.0. The summed E-state index contributed by atoms with van der Waals surface area (Å²) in [5.74, 6) is -0.641. The van der Waals surface area contributed by atoms with Crippen LogP contribution in [0.1, 0.15) is 16.8 Å². The van der Waals surface area contributed by atoms with Gasteiger partial charge in [-0.15, -0.1) is 0 Å². The molecule has 1 heterocycles. The van der Waals surface area contributed by atoms with Crippen LogP contribution in [-0.4, -0.2) is 48.9 Å². The summed E-state index contributed by atoms with van der Waals surface area (Å²) in [5.41, 5.74) is 0.173. The van der Waals surface area contributed by atoms with Crippen molar-refractivity contribution in [3.63, 3.8) is 0 Å². The molecule has 0 aromatic heterocycles. The van der Waals surface area contributed by atoms with Crippen molar-refractivity contribution < 1.29 is 9.18 Å². The first kappa shape index (κ1) is 12.0. The third-order valence-electron chi connectivity index (χ3n) is 3.29. The summed E-state index contributed by atoms with van der Waals surface area (Å²) in [6, 6.07) is 6.53. The number of rotatable bonds is 2. The lowest BCUT2D eigenvalue weighted by atomic mass is 10.2. The molecule has 1 fully saturated rings. The molecule has 1 atom stereocenters. The van der Waals surface area contributed by atoms with E-state index in [1.54, 1.807) is 23.1 Å². The molecule has 1 saturated heterocycles. The van der Waals surface area contributed by atoms with Crippen LogP contribution < -0.4 is 0 Å². The molecule has 0 saturated carbocycles. The summed E-state index contributed by atoms with van der Waals surface area (Å²) in [6.07, 6.45) is 0.952. The van der Waals surface area contributed by atoms with E-state index in [1.807, 2.05) is 14.1 Å². The molecule has 4 heteroatoms. The zero-order chi connectivity index (χ0) is 12.4. The average molecular weight is 236 g/mol. The Morgan fingerprint density at radius 2 is 2.12 bits per heavy atom. The van der Waals surface area contributed by atoms with Gasteiger partial charge in [-0.25, -0.2) is 4.39 Å². The van der Waals surface area contributed by atoms with Gasteiger partial charge in [-0.1, -0.05) is 12.1 Å². The highest BCUT2D eigenvalue weighted by molar-refractivity contribution is 5.94. The van der Waals surface area contributed by atoms with Crippen molar-refractivity contribution in [1.82, 2.24) is 9.80 Å². The van der Waals surface area contributed by atoms with Crippen LogP contribution in [0.3, 0.4) is 0 Å². The lowest BCUT2D eigenvalue weighted by molar-refractivity contribution is 0.0778. The average Bonchev–Trinajstić information content (AvgIpc) is 2.78. The topological polar surface area (TPSA) is 23.6 Å². The molecule has 1 aliphatic rings. The molecule has 0 N–H and O–H groups in total. The van der Waals surface area contributed by atoms with E-state index in [-0.39, 0.29) is 11.5 Å². The Balaban J connectivity index is 2.10. The SMILES string of the molecule is CN(C)C1CCN(C(=O)c2ccccc2F)C1. The van der Waals surface area contributed by atoms with Gasteiger partial charge in [-0.3, -0.25) is 4.79 Å². The molecule has 1 unspecified atom stereocenters. The molecular weight excluding hydrogens is 219 g/mol. The number of amides is 1. The standard InChI is InChI=1S/C13H17FN2O/c1-15(2)10-7-8-16(9-10)13(17)11-5-3-4-6-12(11)14/h3-6,10H,7-9H2,1-2H3. The Kier molecular flexibility index (Phi) is 3.43. The van der Waals surface area contributed by atoms with E-state index in [4.69, 9.17) is 0 Å². The Labute approximate surface area is 101 Å². The minimum absolute atomic E-state index is 0.173. The van der Waals surface area contributed by atoms with Crippen molar-refractivity contribution >= 4 is 5.91 Å². The molecule has 1 aliphatic heterocycles. The number of hydrogen-bond donors (Lipinski definition) is 0. The molecule has 0 aliphatic carbocycles. The second kappa shape index (κ2) is 4.84. The number of carbonyl (C=O) groups excluding carboxylic acids is 1. The van der Waals surface area contributed by atoms with Gasteiger partial charge in [0, 0.05) is 19.1 Å². The van der Waals surface area contributed by atoms with Gasteiger partial charge in [0.1, 0.15) is 5.82 Å². The van der Waals surface area contributed by atoms with Gasteiger partial charge in [-0.05, 0) is 32.6 Å². The van der Waals surface area contributed by atoms with Crippen LogP contribution >= 0.6 is 0 Å². The second-order valence-electron chi connectivity index (χ2n) is 4.64. The third-order valence-corrected chi connectivity index (χ3v) is 3.29. The third kappa shape index (κ3) is 2.47. The Morgan fingerprint density at radius 1 is 1.41 bits per heavy atom. The smallest absolute Gasteiger partial charge is 0.256 e. The fraction of sp³-hybridized carbons (Fsp3) is 0.462. The lowest BCUT2D eigenvalue weighted by Crippen LogP contribution is -2.34. The summed E-state index contributed by atoms with van der Waals surface area (Å²) < 4.78 is 13.5. The van der Waals surface area contributed by atoms with Gasteiger partial charge in [0.2, 0.25) is 0 Å². The Hall–Kier alpha value is -1.42. The van der Waals surface area contributed by atoms with E-state index in [9.17, 15) is 9.18 Å². The number of likely N-dealkylation sites (N-methyl/N-ethyl adjacent to an activating group) is 1. The van der Waals surface area contributed by atoms with Gasteiger partial charge in [0.15, 0.2) is 0 Å². The molecule has 2 rings (SSSR count). The van der Waals surface area contributed by atoms with Gasteiger partial charge in [0.25, 0.3) is 5.91 Å². The number of nitrogens with zero attached hydrogens (tertiary/aromatic N) is 2. The monoisotopic (exact) mass is 236 g/mol. The molecule has 3 nitrogen and oxygen atoms in total. The van der Waals surface area contributed by atoms with Crippen LogP contribution in [0.2, 0.25) is 0 Å². The lowest BCUT2D eigenvalue weighted by Gasteiger charge is -2.20. The minimum atomic E-state index is -0.439. The fourth-order valence-corrected chi connectivity index (χ4v) is 2.15. The first-order valence-electron chi connectivity index (χ1n) is 5.80. The summed E-state index contributed by atoms with van der Waals surface area (Å²) in [6.45, 7) is 1.39. The number of likely N-dealkylation sites (tertiary alicyclic amines) is 1. The van der Waals surface area contributed by atoms with E-state index >= 15 is 0 Å². The molecule has 0 radical (unpaired) electrons. The second-order valence-corrected chi connectivity index (χ2v) is 4.64. The number of hydrogen-bond acceptors (Lipinski definition) is 2. The fourth-order valence-electron chi connectivity index (χ4n) is 2.15. The molecule has 0 spiro atoms. The molecule has 92 valence electrons. The van der Waals surface area contributed by atoms with E-state index in [1.165, 1.54) is 6.07 Å². The van der Waals surface area contributed by atoms with Gasteiger partial charge in [-0.2, -0.15) is 0 Å². The van der Waals surface area contributed by atoms with Crippen LogP contribution in [0.4, 0.5) is 4.39 Å². The van der Waals surface area contributed by atoms with Crippen molar-refractivity contribution in [3.8, 4) is 0 Å². The zero-order valence-electron chi connectivity index (χ0n) is 10.2. The van der Waals surface area contributed by atoms with E-state index in [2.05, 4.69) is 4.90 Å². The maximum atomic E-state index is 13.5. The molecule has 17 heavy (non-hydrogen) atoms. The van der Waals surface area contributed by atoms with E-state index in [0.29, 0.717) is 19.1 Å². The Morgan fingerprint density at radius 3 is 2.71 bits per heavy atom. The number of carbonyl (C=O) groups is 1. The van der Waals surface area contributed by atoms with Crippen molar-refractivity contribution in [3.05, 3.63) is 35.6 Å². The van der Waals surface area contributed by atoms with Crippen molar-refractivity contribution in [2.75, 3.05) is 27.2 Å². The highest BCUT2D eigenvalue weighted by Gasteiger charge is 2.28. The first-order chi connectivity index (χ1) is 8.09. The van der Waals surface area contributed by atoms with Crippen LogP contribution in [0, 0.1) is 5.82 Å². The predicted octanol–water partition coefficient (Wildman–Crippen LogP) is 1.60.